The Bertz CT molecular complexity index is 588. The van der Waals surface area contributed by atoms with E-state index < -0.39 is 11.6 Å². The Balaban J connectivity index is 1.75. The molecule has 3 rings (SSSR count). The van der Waals surface area contributed by atoms with Crippen LogP contribution in [0.4, 0.5) is 8.78 Å². The van der Waals surface area contributed by atoms with E-state index >= 15 is 0 Å². The summed E-state index contributed by atoms with van der Waals surface area (Å²) in [4.78, 5) is 0. The van der Waals surface area contributed by atoms with Gasteiger partial charge in [-0.1, -0.05) is 44.6 Å². The highest BCUT2D eigenvalue weighted by atomic mass is 19.2. The molecule has 1 fully saturated rings. The Morgan fingerprint density at radius 1 is 1.00 bits per heavy atom. The van der Waals surface area contributed by atoms with Gasteiger partial charge in [0.15, 0.2) is 11.6 Å². The van der Waals surface area contributed by atoms with E-state index in [1.54, 1.807) is 12.1 Å². The van der Waals surface area contributed by atoms with Gasteiger partial charge in [-0.3, -0.25) is 0 Å². The lowest BCUT2D eigenvalue weighted by atomic mass is 9.83. The molecule has 132 valence electrons. The van der Waals surface area contributed by atoms with Gasteiger partial charge in [0.25, 0.3) is 0 Å². The molecule has 0 spiro atoms. The lowest BCUT2D eigenvalue weighted by Gasteiger charge is -2.30. The van der Waals surface area contributed by atoms with Gasteiger partial charge in [0.05, 0.1) is 12.7 Å². The van der Waals surface area contributed by atoms with Crippen LogP contribution >= 0.6 is 0 Å². The molecule has 1 aromatic rings. The van der Waals surface area contributed by atoms with Gasteiger partial charge in [-0.15, -0.1) is 0 Å². The Morgan fingerprint density at radius 2 is 1.75 bits per heavy atom. The fraction of sp³-hybridized carbons (Fsp3) is 0.619. The molecule has 1 heterocycles. The smallest absolute Gasteiger partial charge is 0.162 e. The molecule has 24 heavy (non-hydrogen) atoms. The van der Waals surface area contributed by atoms with Gasteiger partial charge in [-0.2, -0.15) is 0 Å². The number of hydrogen-bond donors (Lipinski definition) is 0. The van der Waals surface area contributed by atoms with E-state index in [-0.39, 0.29) is 17.9 Å². The van der Waals surface area contributed by atoms with Gasteiger partial charge >= 0.3 is 0 Å². The van der Waals surface area contributed by atoms with Crippen LogP contribution in [-0.4, -0.2) is 12.7 Å². The first-order valence-corrected chi connectivity index (χ1v) is 9.37. The summed E-state index contributed by atoms with van der Waals surface area (Å²) in [6.45, 7) is 4.80. The minimum Gasteiger partial charge on any atom is -0.378 e. The zero-order valence-electron chi connectivity index (χ0n) is 14.7. The van der Waals surface area contributed by atoms with E-state index in [0.717, 1.165) is 38.5 Å². The molecule has 0 N–H and O–H groups in total. The third-order valence-corrected chi connectivity index (χ3v) is 5.57. The molecule has 0 bridgehead atoms. The van der Waals surface area contributed by atoms with Crippen LogP contribution in [0.25, 0.3) is 0 Å². The highest BCUT2D eigenvalue weighted by Crippen LogP contribution is 2.36. The van der Waals surface area contributed by atoms with Crippen molar-refractivity contribution in [2.75, 3.05) is 6.61 Å². The zero-order valence-corrected chi connectivity index (χ0v) is 14.7. The van der Waals surface area contributed by atoms with E-state index in [1.807, 2.05) is 6.08 Å². The molecule has 4 unspecified atom stereocenters. The maximum atomic E-state index is 14.7. The van der Waals surface area contributed by atoms with Crippen molar-refractivity contribution in [3.63, 3.8) is 0 Å². The van der Waals surface area contributed by atoms with Gasteiger partial charge in [0.1, 0.15) is 0 Å². The second kappa shape index (κ2) is 7.77. The lowest BCUT2D eigenvalue weighted by molar-refractivity contribution is -0.00183. The van der Waals surface area contributed by atoms with Crippen molar-refractivity contribution < 1.29 is 13.5 Å². The molecule has 1 nitrogen and oxygen atoms in total. The minimum absolute atomic E-state index is 0.00119. The lowest BCUT2D eigenvalue weighted by Crippen LogP contribution is -2.25. The second-order valence-electron chi connectivity index (χ2n) is 7.44. The summed E-state index contributed by atoms with van der Waals surface area (Å²) in [5, 5.41) is 0. The fourth-order valence-corrected chi connectivity index (χ4v) is 4.00. The SMILES string of the molecule is CCCC1CCC(c2ccc(C3C=CC(C)CC3)c(F)c2F)CO1. The standard InChI is InChI=1S/C21H28F2O/c1-3-4-17-10-9-16(13-24-17)19-12-11-18(20(22)21(19)23)15-7-5-14(2)6-8-15/h5,7,11-12,14-17H,3-4,6,8-10,13H2,1-2H3. The molecule has 0 radical (unpaired) electrons. The minimum atomic E-state index is -0.665. The van der Waals surface area contributed by atoms with Crippen LogP contribution < -0.4 is 0 Å². The van der Waals surface area contributed by atoms with Crippen LogP contribution in [0.5, 0.6) is 0 Å². The average molecular weight is 334 g/mol. The highest BCUT2D eigenvalue weighted by molar-refractivity contribution is 5.34. The summed E-state index contributed by atoms with van der Waals surface area (Å²) in [7, 11) is 0. The van der Waals surface area contributed by atoms with E-state index in [1.165, 1.54) is 0 Å². The molecule has 3 heteroatoms. The summed E-state index contributed by atoms with van der Waals surface area (Å²) in [5.41, 5.74) is 0.986. The molecular formula is C21H28F2O. The molecule has 0 amide bonds. The molecule has 0 aromatic heterocycles. The quantitative estimate of drug-likeness (QED) is 0.605. The number of ether oxygens (including phenoxy) is 1. The maximum Gasteiger partial charge on any atom is 0.162 e. The molecule has 1 saturated heterocycles. The predicted octanol–water partition coefficient (Wildman–Crippen LogP) is 6.10. The van der Waals surface area contributed by atoms with Crippen molar-refractivity contribution in [3.8, 4) is 0 Å². The third-order valence-electron chi connectivity index (χ3n) is 5.57. The van der Waals surface area contributed by atoms with Gasteiger partial charge in [0, 0.05) is 11.8 Å². The third kappa shape index (κ3) is 3.72. The average Bonchev–Trinajstić information content (AvgIpc) is 2.59. The highest BCUT2D eigenvalue weighted by Gasteiger charge is 2.28. The van der Waals surface area contributed by atoms with E-state index in [2.05, 4.69) is 19.9 Å². The molecule has 2 aliphatic rings. The van der Waals surface area contributed by atoms with Crippen molar-refractivity contribution in [2.24, 2.45) is 5.92 Å². The topological polar surface area (TPSA) is 9.23 Å². The van der Waals surface area contributed by atoms with Gasteiger partial charge < -0.3 is 4.74 Å². The van der Waals surface area contributed by atoms with Gasteiger partial charge in [-0.25, -0.2) is 8.78 Å². The number of rotatable bonds is 4. The largest absolute Gasteiger partial charge is 0.378 e. The predicted molar refractivity (Wildman–Crippen MR) is 93.3 cm³/mol. The summed E-state index contributed by atoms with van der Waals surface area (Å²) < 4.78 is 35.2. The normalized spacial score (nSPS) is 30.5. The van der Waals surface area contributed by atoms with Crippen LogP contribution in [-0.2, 0) is 4.74 Å². The Hall–Kier alpha value is -1.22. The van der Waals surface area contributed by atoms with Crippen LogP contribution in [0.3, 0.4) is 0 Å². The van der Waals surface area contributed by atoms with E-state index in [4.69, 9.17) is 4.74 Å². The fourth-order valence-electron chi connectivity index (χ4n) is 4.00. The van der Waals surface area contributed by atoms with Crippen molar-refractivity contribution in [1.29, 1.82) is 0 Å². The zero-order chi connectivity index (χ0) is 17.1. The van der Waals surface area contributed by atoms with Crippen molar-refractivity contribution in [2.45, 2.75) is 70.3 Å². The van der Waals surface area contributed by atoms with Crippen LogP contribution in [0.15, 0.2) is 24.3 Å². The first-order valence-electron chi connectivity index (χ1n) is 9.37. The molecule has 1 aromatic carbocycles. The van der Waals surface area contributed by atoms with Crippen molar-refractivity contribution >= 4 is 0 Å². The number of halogens is 2. The summed E-state index contributed by atoms with van der Waals surface area (Å²) in [6.07, 6.45) is 10.3. The van der Waals surface area contributed by atoms with Gasteiger partial charge in [0.2, 0.25) is 0 Å². The van der Waals surface area contributed by atoms with Crippen molar-refractivity contribution in [1.82, 2.24) is 0 Å². The summed E-state index contributed by atoms with van der Waals surface area (Å²) in [6, 6.07) is 3.57. The first-order chi connectivity index (χ1) is 11.6. The molecule has 1 aliphatic carbocycles. The van der Waals surface area contributed by atoms with Crippen LogP contribution in [0.1, 0.15) is 75.3 Å². The second-order valence-corrected chi connectivity index (χ2v) is 7.44. The number of allylic oxidation sites excluding steroid dienone is 2. The molecule has 4 atom stereocenters. The van der Waals surface area contributed by atoms with E-state index in [9.17, 15) is 8.78 Å². The summed E-state index contributed by atoms with van der Waals surface area (Å²) in [5.74, 6) is -0.816. The summed E-state index contributed by atoms with van der Waals surface area (Å²) >= 11 is 0. The van der Waals surface area contributed by atoms with Crippen molar-refractivity contribution in [3.05, 3.63) is 47.0 Å². The van der Waals surface area contributed by atoms with Crippen LogP contribution in [0.2, 0.25) is 0 Å². The Labute approximate surface area is 144 Å². The molecule has 0 saturated carbocycles. The number of hydrogen-bond acceptors (Lipinski definition) is 1. The van der Waals surface area contributed by atoms with Crippen LogP contribution in [0, 0.1) is 17.6 Å². The Morgan fingerprint density at radius 3 is 2.38 bits per heavy atom. The van der Waals surface area contributed by atoms with Gasteiger partial charge in [-0.05, 0) is 49.1 Å². The molecule has 1 aliphatic heterocycles. The monoisotopic (exact) mass is 334 g/mol. The Kier molecular flexibility index (Phi) is 5.70. The molecular weight excluding hydrogens is 306 g/mol. The number of benzene rings is 1. The maximum absolute atomic E-state index is 14.7. The first kappa shape index (κ1) is 17.6. The van der Waals surface area contributed by atoms with E-state index in [0.29, 0.717) is 23.7 Å².